The predicted molar refractivity (Wildman–Crippen MR) is 74.0 cm³/mol. The number of rotatable bonds is 3. The second-order valence-corrected chi connectivity index (χ2v) is 6.07. The van der Waals surface area contributed by atoms with Gasteiger partial charge in [0.25, 0.3) is 0 Å². The minimum absolute atomic E-state index is 0.148. The Labute approximate surface area is 114 Å². The van der Waals surface area contributed by atoms with Crippen LogP contribution < -0.4 is 0 Å². The molecule has 3 nitrogen and oxygen atoms in total. The van der Waals surface area contributed by atoms with Crippen molar-refractivity contribution in [3.63, 3.8) is 0 Å². The number of fused-ring (bicyclic) bond motifs is 2. The highest BCUT2D eigenvalue weighted by Crippen LogP contribution is 2.42. The first-order valence-corrected chi connectivity index (χ1v) is 7.11. The maximum absolute atomic E-state index is 11.3. The summed E-state index contributed by atoms with van der Waals surface area (Å²) in [5.41, 5.74) is 3.95. The van der Waals surface area contributed by atoms with Crippen LogP contribution in [-0.4, -0.2) is 28.1 Å². The lowest BCUT2D eigenvalue weighted by Crippen LogP contribution is -2.32. The fourth-order valence-electron chi connectivity index (χ4n) is 3.73. The molecule has 2 saturated heterocycles. The fourth-order valence-corrected chi connectivity index (χ4v) is 3.73. The predicted octanol–water partition coefficient (Wildman–Crippen LogP) is 2.74. The normalized spacial score (nSPS) is 29.9. The number of benzene rings is 1. The minimum atomic E-state index is -0.614. The first-order chi connectivity index (χ1) is 9.06. The van der Waals surface area contributed by atoms with Crippen molar-refractivity contribution in [1.29, 1.82) is 0 Å². The van der Waals surface area contributed by atoms with Crippen molar-refractivity contribution in [2.45, 2.75) is 51.7 Å². The highest BCUT2D eigenvalue weighted by Gasteiger charge is 2.48. The van der Waals surface area contributed by atoms with Crippen LogP contribution in [-0.2, 0) is 11.3 Å². The molecule has 1 aromatic rings. The Kier molecular flexibility index (Phi) is 3.09. The summed E-state index contributed by atoms with van der Waals surface area (Å²) in [6.45, 7) is 5.16. The largest absolute Gasteiger partial charge is 0.481 e. The zero-order chi connectivity index (χ0) is 13.6. The highest BCUT2D eigenvalue weighted by atomic mass is 16.4. The van der Waals surface area contributed by atoms with Crippen molar-refractivity contribution < 1.29 is 9.90 Å². The van der Waals surface area contributed by atoms with Crippen LogP contribution in [0.1, 0.15) is 36.0 Å². The Hall–Kier alpha value is -1.35. The molecule has 3 rings (SSSR count). The molecular weight excluding hydrogens is 238 g/mol. The van der Waals surface area contributed by atoms with Gasteiger partial charge < -0.3 is 5.11 Å². The molecule has 2 aliphatic heterocycles. The third-order valence-electron chi connectivity index (χ3n) is 4.93. The number of nitrogens with zero attached hydrogens (tertiary/aromatic N) is 1. The molecule has 1 N–H and O–H groups in total. The number of hydrogen-bond acceptors (Lipinski definition) is 2. The molecule has 0 aromatic heterocycles. The SMILES string of the molecule is Cc1ccc(CN2C3CCC2C(C(=O)O)C3)cc1C. The van der Waals surface area contributed by atoms with Gasteiger partial charge >= 0.3 is 5.97 Å². The van der Waals surface area contributed by atoms with Gasteiger partial charge in [0.15, 0.2) is 0 Å². The van der Waals surface area contributed by atoms with Gasteiger partial charge in [0.1, 0.15) is 0 Å². The molecular formula is C16H21NO2. The summed E-state index contributed by atoms with van der Waals surface area (Å²) in [6.07, 6.45) is 3.05. The second-order valence-electron chi connectivity index (χ2n) is 6.07. The van der Waals surface area contributed by atoms with Gasteiger partial charge in [0, 0.05) is 18.6 Å². The Morgan fingerprint density at radius 1 is 1.32 bits per heavy atom. The molecule has 102 valence electrons. The summed E-state index contributed by atoms with van der Waals surface area (Å²) in [4.78, 5) is 13.7. The summed E-state index contributed by atoms with van der Waals surface area (Å²) in [5, 5.41) is 9.27. The average molecular weight is 259 g/mol. The zero-order valence-electron chi connectivity index (χ0n) is 11.6. The van der Waals surface area contributed by atoms with E-state index in [-0.39, 0.29) is 12.0 Å². The number of aryl methyl sites for hydroxylation is 2. The number of carbonyl (C=O) groups is 1. The lowest BCUT2D eigenvalue weighted by Gasteiger charge is -2.23. The molecule has 2 fully saturated rings. The maximum atomic E-state index is 11.3. The van der Waals surface area contributed by atoms with Gasteiger partial charge in [-0.05, 0) is 49.8 Å². The van der Waals surface area contributed by atoms with Crippen LogP contribution in [0.5, 0.6) is 0 Å². The topological polar surface area (TPSA) is 40.5 Å². The smallest absolute Gasteiger partial charge is 0.308 e. The summed E-state index contributed by atoms with van der Waals surface area (Å²) >= 11 is 0. The van der Waals surface area contributed by atoms with Crippen molar-refractivity contribution in [2.24, 2.45) is 5.92 Å². The molecule has 3 heteroatoms. The monoisotopic (exact) mass is 259 g/mol. The first-order valence-electron chi connectivity index (χ1n) is 7.11. The van der Waals surface area contributed by atoms with E-state index in [9.17, 15) is 9.90 Å². The highest BCUT2D eigenvalue weighted by molar-refractivity contribution is 5.71. The second kappa shape index (κ2) is 4.64. The number of carboxylic acid groups (broad SMARTS) is 1. The Morgan fingerprint density at radius 2 is 2.11 bits per heavy atom. The van der Waals surface area contributed by atoms with Gasteiger partial charge in [0.05, 0.1) is 5.92 Å². The zero-order valence-corrected chi connectivity index (χ0v) is 11.6. The molecule has 0 amide bonds. The average Bonchev–Trinajstić information content (AvgIpc) is 2.91. The van der Waals surface area contributed by atoms with Crippen LogP contribution in [0.25, 0.3) is 0 Å². The molecule has 2 heterocycles. The van der Waals surface area contributed by atoms with Crippen LogP contribution in [0.2, 0.25) is 0 Å². The molecule has 0 spiro atoms. The molecule has 2 bridgehead atoms. The van der Waals surface area contributed by atoms with Crippen LogP contribution in [0.4, 0.5) is 0 Å². The van der Waals surface area contributed by atoms with E-state index in [4.69, 9.17) is 0 Å². The molecule has 0 aliphatic carbocycles. The number of aliphatic carboxylic acids is 1. The molecule has 1 aromatic carbocycles. The van der Waals surface area contributed by atoms with E-state index in [1.807, 2.05) is 0 Å². The van der Waals surface area contributed by atoms with Crippen molar-refractivity contribution >= 4 is 5.97 Å². The Bertz CT molecular complexity index is 511. The van der Waals surface area contributed by atoms with Crippen LogP contribution >= 0.6 is 0 Å². The van der Waals surface area contributed by atoms with Gasteiger partial charge in [-0.2, -0.15) is 0 Å². The maximum Gasteiger partial charge on any atom is 0.308 e. The van der Waals surface area contributed by atoms with Gasteiger partial charge in [-0.1, -0.05) is 18.2 Å². The molecule has 2 aliphatic rings. The third-order valence-corrected chi connectivity index (χ3v) is 4.93. The third kappa shape index (κ3) is 2.16. The van der Waals surface area contributed by atoms with E-state index in [1.54, 1.807) is 0 Å². The van der Waals surface area contributed by atoms with Gasteiger partial charge in [-0.3, -0.25) is 9.69 Å². The first kappa shape index (κ1) is 12.7. The van der Waals surface area contributed by atoms with E-state index in [2.05, 4.69) is 36.9 Å². The Balaban J connectivity index is 1.77. The summed E-state index contributed by atoms with van der Waals surface area (Å²) in [5.74, 6) is -0.761. The molecule has 19 heavy (non-hydrogen) atoms. The Morgan fingerprint density at radius 3 is 2.74 bits per heavy atom. The van der Waals surface area contributed by atoms with Gasteiger partial charge in [-0.25, -0.2) is 0 Å². The lowest BCUT2D eigenvalue weighted by atomic mass is 9.89. The van der Waals surface area contributed by atoms with Gasteiger partial charge in [-0.15, -0.1) is 0 Å². The van der Waals surface area contributed by atoms with Crippen molar-refractivity contribution in [1.82, 2.24) is 4.90 Å². The van der Waals surface area contributed by atoms with Crippen molar-refractivity contribution in [3.05, 3.63) is 34.9 Å². The van der Waals surface area contributed by atoms with Gasteiger partial charge in [0.2, 0.25) is 0 Å². The standard InChI is InChI=1S/C16H21NO2/c1-10-3-4-12(7-11(10)2)9-17-13-5-6-15(17)14(8-13)16(18)19/h3-4,7,13-15H,5-6,8-9H2,1-2H3,(H,18,19). The summed E-state index contributed by atoms with van der Waals surface area (Å²) in [7, 11) is 0. The van der Waals surface area contributed by atoms with E-state index in [0.717, 1.165) is 19.4 Å². The summed E-state index contributed by atoms with van der Waals surface area (Å²) < 4.78 is 0. The molecule has 3 atom stereocenters. The fraction of sp³-hybridized carbons (Fsp3) is 0.562. The number of carboxylic acids is 1. The van der Waals surface area contributed by atoms with Crippen LogP contribution in [0.15, 0.2) is 18.2 Å². The summed E-state index contributed by atoms with van der Waals surface area (Å²) in [6, 6.07) is 7.31. The molecule has 0 radical (unpaired) electrons. The van der Waals surface area contributed by atoms with Crippen LogP contribution in [0, 0.1) is 19.8 Å². The van der Waals surface area contributed by atoms with Crippen LogP contribution in [0.3, 0.4) is 0 Å². The number of hydrogen-bond donors (Lipinski definition) is 1. The van der Waals surface area contributed by atoms with E-state index >= 15 is 0 Å². The lowest BCUT2D eigenvalue weighted by molar-refractivity contribution is -0.142. The van der Waals surface area contributed by atoms with E-state index in [1.165, 1.54) is 23.1 Å². The quantitative estimate of drug-likeness (QED) is 0.907. The van der Waals surface area contributed by atoms with E-state index < -0.39 is 5.97 Å². The van der Waals surface area contributed by atoms with E-state index in [0.29, 0.717) is 6.04 Å². The molecule has 3 unspecified atom stereocenters. The molecule has 0 saturated carbocycles. The van der Waals surface area contributed by atoms with Crippen molar-refractivity contribution in [3.8, 4) is 0 Å². The minimum Gasteiger partial charge on any atom is -0.481 e. The van der Waals surface area contributed by atoms with Crippen molar-refractivity contribution in [2.75, 3.05) is 0 Å².